The van der Waals surface area contributed by atoms with Crippen LogP contribution in [0.3, 0.4) is 0 Å². The number of rotatable bonds is 3. The van der Waals surface area contributed by atoms with Crippen LogP contribution in [0.15, 0.2) is 41.0 Å². The molecule has 18 heavy (non-hydrogen) atoms. The van der Waals surface area contributed by atoms with Crippen molar-refractivity contribution >= 4 is 21.7 Å². The van der Waals surface area contributed by atoms with Crippen LogP contribution < -0.4 is 0 Å². The quantitative estimate of drug-likeness (QED) is 0.805. The number of hydrogen-bond acceptors (Lipinski definition) is 2. The maximum absolute atomic E-state index is 12.2. The van der Waals surface area contributed by atoms with Crippen molar-refractivity contribution in [3.8, 4) is 0 Å². The lowest BCUT2D eigenvalue weighted by molar-refractivity contribution is 0.0988. The van der Waals surface area contributed by atoms with Crippen LogP contribution in [0.2, 0.25) is 0 Å². The van der Waals surface area contributed by atoms with Gasteiger partial charge >= 0.3 is 0 Å². The van der Waals surface area contributed by atoms with Crippen molar-refractivity contribution in [3.05, 3.63) is 63.4 Å². The van der Waals surface area contributed by atoms with Crippen LogP contribution in [0.1, 0.15) is 27.2 Å². The molecule has 2 nitrogen and oxygen atoms in total. The second-order valence-corrected chi connectivity index (χ2v) is 5.25. The fraction of sp³-hybridized carbons (Fsp3) is 0.200. The summed E-state index contributed by atoms with van der Waals surface area (Å²) in [6, 6.07) is 9.66. The van der Waals surface area contributed by atoms with E-state index in [-0.39, 0.29) is 5.78 Å². The number of halogens is 1. The van der Waals surface area contributed by atoms with Gasteiger partial charge in [-0.1, -0.05) is 18.2 Å². The third-order valence-electron chi connectivity index (χ3n) is 2.99. The smallest absolute Gasteiger partial charge is 0.185 e. The van der Waals surface area contributed by atoms with Gasteiger partial charge in [-0.25, -0.2) is 0 Å². The molecule has 0 atom stereocenters. The Morgan fingerprint density at radius 1 is 1.17 bits per heavy atom. The third kappa shape index (κ3) is 2.85. The first kappa shape index (κ1) is 13.0. The number of pyridine rings is 1. The lowest BCUT2D eigenvalue weighted by Crippen LogP contribution is -2.08. The van der Waals surface area contributed by atoms with Gasteiger partial charge in [0.2, 0.25) is 0 Å². The van der Waals surface area contributed by atoms with E-state index in [0.29, 0.717) is 12.1 Å². The van der Waals surface area contributed by atoms with E-state index in [1.165, 1.54) is 0 Å². The largest absolute Gasteiger partial charge is 0.292 e. The predicted octanol–water partition coefficient (Wildman–Crippen LogP) is 3.89. The number of ketones is 1. The average Bonchev–Trinajstić information content (AvgIpc) is 2.34. The minimum absolute atomic E-state index is 0.0555. The molecule has 1 aromatic carbocycles. The molecule has 1 heterocycles. The molecule has 0 bridgehead atoms. The van der Waals surface area contributed by atoms with Gasteiger partial charge in [-0.2, -0.15) is 0 Å². The molecule has 0 N–H and O–H groups in total. The summed E-state index contributed by atoms with van der Waals surface area (Å²) in [6.45, 7) is 4.06. The topological polar surface area (TPSA) is 30.0 Å². The van der Waals surface area contributed by atoms with E-state index in [1.807, 2.05) is 38.1 Å². The van der Waals surface area contributed by atoms with E-state index >= 15 is 0 Å². The number of carbonyl (C=O) groups excluding carboxylic acids is 1. The normalized spacial score (nSPS) is 10.4. The number of carbonyl (C=O) groups is 1. The Balaban J connectivity index is 2.24. The minimum Gasteiger partial charge on any atom is -0.292 e. The molecule has 0 amide bonds. The maximum atomic E-state index is 12.2. The van der Waals surface area contributed by atoms with Crippen molar-refractivity contribution in [2.24, 2.45) is 0 Å². The highest BCUT2D eigenvalue weighted by Gasteiger charge is 2.11. The van der Waals surface area contributed by atoms with Gasteiger partial charge < -0.3 is 0 Å². The first-order valence-corrected chi connectivity index (χ1v) is 6.57. The molecule has 92 valence electrons. The Bertz CT molecular complexity index is 555. The molecule has 0 aliphatic carbocycles. The lowest BCUT2D eigenvalue weighted by Gasteiger charge is -2.08. The summed E-state index contributed by atoms with van der Waals surface area (Å²) in [5.74, 6) is 0.0555. The summed E-state index contributed by atoms with van der Waals surface area (Å²) >= 11 is 3.31. The van der Waals surface area contributed by atoms with Crippen LogP contribution in [0.5, 0.6) is 0 Å². The second-order valence-electron chi connectivity index (χ2n) is 4.33. The highest BCUT2D eigenvalue weighted by Crippen LogP contribution is 2.16. The van der Waals surface area contributed by atoms with Crippen LogP contribution in [0.25, 0.3) is 0 Å². The van der Waals surface area contributed by atoms with Gasteiger partial charge in [0.25, 0.3) is 0 Å². The predicted molar refractivity (Wildman–Crippen MR) is 75.9 cm³/mol. The molecule has 0 saturated carbocycles. The van der Waals surface area contributed by atoms with Gasteiger partial charge in [0.1, 0.15) is 5.69 Å². The maximum Gasteiger partial charge on any atom is 0.185 e. The zero-order valence-electron chi connectivity index (χ0n) is 10.4. The molecule has 0 radical (unpaired) electrons. The molecule has 0 unspecified atom stereocenters. The Kier molecular flexibility index (Phi) is 3.92. The fourth-order valence-electron chi connectivity index (χ4n) is 1.92. The van der Waals surface area contributed by atoms with Gasteiger partial charge in [0.05, 0.1) is 0 Å². The zero-order chi connectivity index (χ0) is 13.1. The summed E-state index contributed by atoms with van der Waals surface area (Å²) in [7, 11) is 0. The molecule has 1 aromatic heterocycles. The highest BCUT2D eigenvalue weighted by molar-refractivity contribution is 9.10. The van der Waals surface area contributed by atoms with Crippen LogP contribution in [-0.4, -0.2) is 10.8 Å². The van der Waals surface area contributed by atoms with Crippen LogP contribution >= 0.6 is 15.9 Å². The highest BCUT2D eigenvalue weighted by atomic mass is 79.9. The summed E-state index contributed by atoms with van der Waals surface area (Å²) in [5, 5.41) is 0. The molecule has 0 fully saturated rings. The Labute approximate surface area is 115 Å². The van der Waals surface area contributed by atoms with E-state index in [0.717, 1.165) is 21.2 Å². The standard InChI is InChI=1S/C15H14BrNO/c1-10-4-3-5-11(2)13(10)8-15(18)14-7-6-12(16)9-17-14/h3-7,9H,8H2,1-2H3. The van der Waals surface area contributed by atoms with Crippen molar-refractivity contribution in [1.29, 1.82) is 0 Å². The zero-order valence-corrected chi connectivity index (χ0v) is 12.0. The number of Topliss-reactive ketones (excluding diaryl/α,β-unsaturated/α-hetero) is 1. The molecular formula is C15H14BrNO. The van der Waals surface area contributed by atoms with E-state index in [9.17, 15) is 4.79 Å². The third-order valence-corrected chi connectivity index (χ3v) is 3.46. The second kappa shape index (κ2) is 5.44. The molecule has 3 heteroatoms. The Morgan fingerprint density at radius 3 is 2.39 bits per heavy atom. The first-order valence-electron chi connectivity index (χ1n) is 5.78. The van der Waals surface area contributed by atoms with E-state index < -0.39 is 0 Å². The number of benzene rings is 1. The molecule has 0 aliphatic rings. The van der Waals surface area contributed by atoms with Crippen LogP contribution in [-0.2, 0) is 6.42 Å². The SMILES string of the molecule is Cc1cccc(C)c1CC(=O)c1ccc(Br)cn1. The van der Waals surface area contributed by atoms with Gasteiger partial charge in [-0.15, -0.1) is 0 Å². The molecule has 0 spiro atoms. The van der Waals surface area contributed by atoms with Gasteiger partial charge in [-0.05, 0) is 58.6 Å². The van der Waals surface area contributed by atoms with Crippen LogP contribution in [0.4, 0.5) is 0 Å². The van der Waals surface area contributed by atoms with Crippen molar-refractivity contribution in [2.45, 2.75) is 20.3 Å². The minimum atomic E-state index is 0.0555. The molecule has 2 rings (SSSR count). The van der Waals surface area contributed by atoms with Gasteiger partial charge in [0, 0.05) is 17.1 Å². The Morgan fingerprint density at radius 2 is 1.83 bits per heavy atom. The van der Waals surface area contributed by atoms with Crippen molar-refractivity contribution in [2.75, 3.05) is 0 Å². The number of nitrogens with zero attached hydrogens (tertiary/aromatic N) is 1. The number of hydrogen-bond donors (Lipinski definition) is 0. The molecular weight excluding hydrogens is 290 g/mol. The summed E-state index contributed by atoms with van der Waals surface area (Å²) < 4.78 is 0.881. The van der Waals surface area contributed by atoms with E-state index in [2.05, 4.69) is 20.9 Å². The van der Waals surface area contributed by atoms with Crippen molar-refractivity contribution in [1.82, 2.24) is 4.98 Å². The summed E-state index contributed by atoms with van der Waals surface area (Å²) in [4.78, 5) is 16.3. The van der Waals surface area contributed by atoms with Crippen LogP contribution in [0, 0.1) is 13.8 Å². The lowest BCUT2D eigenvalue weighted by atomic mass is 9.97. The average molecular weight is 304 g/mol. The molecule has 0 saturated heterocycles. The van der Waals surface area contributed by atoms with Crippen molar-refractivity contribution in [3.63, 3.8) is 0 Å². The summed E-state index contributed by atoms with van der Waals surface area (Å²) in [6.07, 6.45) is 2.06. The monoisotopic (exact) mass is 303 g/mol. The van der Waals surface area contributed by atoms with Gasteiger partial charge in [-0.3, -0.25) is 9.78 Å². The van der Waals surface area contributed by atoms with Gasteiger partial charge in [0.15, 0.2) is 5.78 Å². The Hall–Kier alpha value is -1.48. The molecule has 0 aliphatic heterocycles. The van der Waals surface area contributed by atoms with E-state index in [4.69, 9.17) is 0 Å². The summed E-state index contributed by atoms with van der Waals surface area (Å²) in [5.41, 5.74) is 3.92. The molecule has 2 aromatic rings. The van der Waals surface area contributed by atoms with Crippen molar-refractivity contribution < 1.29 is 4.79 Å². The fourth-order valence-corrected chi connectivity index (χ4v) is 2.15. The van der Waals surface area contributed by atoms with E-state index in [1.54, 1.807) is 12.3 Å². The number of aromatic nitrogens is 1. The first-order chi connectivity index (χ1) is 8.58. The number of aryl methyl sites for hydroxylation is 2.